The average Bonchev–Trinajstić information content (AvgIpc) is 3.10. The molecular weight excluding hydrogens is 688 g/mol. The van der Waals surface area contributed by atoms with Gasteiger partial charge >= 0.3 is 5.97 Å². The zero-order valence-electron chi connectivity index (χ0n) is 27.3. The highest BCUT2D eigenvalue weighted by atomic mass is 79.9. The minimum absolute atomic E-state index is 0.0563. The van der Waals surface area contributed by atoms with E-state index in [0.29, 0.717) is 45.7 Å². The molecule has 0 radical (unpaired) electrons. The number of carboxylic acid groups (broad SMARTS) is 1. The number of ketones is 1. The molecule has 0 saturated heterocycles. The van der Waals surface area contributed by atoms with Crippen molar-refractivity contribution in [2.75, 3.05) is 0 Å². The smallest absolute Gasteiger partial charge is 0.323 e. The maximum Gasteiger partial charge on any atom is 0.323 e. The molecule has 49 heavy (non-hydrogen) atoms. The number of rotatable bonds is 14. The number of aliphatic hydroxyl groups is 1. The number of carboxylic acids is 1. The van der Waals surface area contributed by atoms with Crippen molar-refractivity contribution in [1.82, 2.24) is 19.1 Å². The largest absolute Gasteiger partial charge is 0.480 e. The number of hydrogen-bond acceptors (Lipinski definition) is 7. The van der Waals surface area contributed by atoms with E-state index in [1.807, 2.05) is 48.5 Å². The summed E-state index contributed by atoms with van der Waals surface area (Å²) < 4.78 is 3.20. The van der Waals surface area contributed by atoms with Crippen LogP contribution in [0, 0.1) is 0 Å². The summed E-state index contributed by atoms with van der Waals surface area (Å²) in [4.78, 5) is 56.2. The van der Waals surface area contributed by atoms with E-state index >= 15 is 0 Å². The lowest BCUT2D eigenvalue weighted by Crippen LogP contribution is -2.29. The molecule has 0 aliphatic rings. The predicted octanol–water partition coefficient (Wildman–Crippen LogP) is 5.43. The van der Waals surface area contributed by atoms with Gasteiger partial charge in [-0.05, 0) is 84.1 Å². The fourth-order valence-corrected chi connectivity index (χ4v) is 5.70. The molecule has 0 fully saturated rings. The van der Waals surface area contributed by atoms with E-state index in [1.54, 1.807) is 36.7 Å². The second-order valence-electron chi connectivity index (χ2n) is 11.5. The topological polar surface area (TPSA) is 144 Å². The van der Waals surface area contributed by atoms with Crippen LogP contribution >= 0.6 is 15.9 Å². The Hall–Kier alpha value is -5.00. The number of aryl methyl sites for hydroxylation is 4. The number of aliphatic carboxylic acids is 1. The van der Waals surface area contributed by atoms with Gasteiger partial charge in [0.15, 0.2) is 0 Å². The van der Waals surface area contributed by atoms with E-state index < -0.39 is 12.5 Å². The van der Waals surface area contributed by atoms with Crippen LogP contribution in [0.4, 0.5) is 0 Å². The molecule has 3 aromatic carbocycles. The number of carbonyl (C=O) groups excluding carboxylic acids is 1. The van der Waals surface area contributed by atoms with Crippen LogP contribution in [0.1, 0.15) is 47.8 Å². The molecule has 254 valence electrons. The first kappa shape index (κ1) is 36.8. The molecule has 0 atom stereocenters. The number of Topliss-reactive ketones (excluding diaryl/α,β-unsaturated/α-hetero) is 1. The van der Waals surface area contributed by atoms with Gasteiger partial charge in [0.2, 0.25) is 0 Å². The summed E-state index contributed by atoms with van der Waals surface area (Å²) in [7, 11) is 0. The first-order chi connectivity index (χ1) is 23.7. The number of nitrogens with zero attached hydrogens (tertiary/aromatic N) is 4. The van der Waals surface area contributed by atoms with Gasteiger partial charge < -0.3 is 10.2 Å². The van der Waals surface area contributed by atoms with E-state index in [0.717, 1.165) is 25.7 Å². The summed E-state index contributed by atoms with van der Waals surface area (Å²) >= 11 is 3.26. The number of benzene rings is 3. The predicted molar refractivity (Wildman–Crippen MR) is 191 cm³/mol. The number of aromatic nitrogens is 4. The van der Waals surface area contributed by atoms with Gasteiger partial charge in [-0.3, -0.25) is 38.3 Å². The molecule has 5 aromatic rings. The number of aliphatic hydroxyl groups excluding tert-OH is 1. The summed E-state index contributed by atoms with van der Waals surface area (Å²) in [5.74, 6) is -1.15. The molecule has 2 aromatic heterocycles. The zero-order valence-corrected chi connectivity index (χ0v) is 28.9. The molecule has 0 amide bonds. The number of carbonyl (C=O) groups is 2. The lowest BCUT2D eigenvalue weighted by Gasteiger charge is -2.13. The molecule has 2 heterocycles. The number of hydrogen-bond donors (Lipinski definition) is 2. The Balaban J connectivity index is 0.000000230. The van der Waals surface area contributed by atoms with Crippen molar-refractivity contribution in [3.8, 4) is 11.3 Å². The van der Waals surface area contributed by atoms with Gasteiger partial charge in [0.25, 0.3) is 11.1 Å². The van der Waals surface area contributed by atoms with Crippen LogP contribution < -0.4 is 11.1 Å². The van der Waals surface area contributed by atoms with Gasteiger partial charge in [-0.2, -0.15) is 0 Å². The molecule has 0 bridgehead atoms. The SMILES string of the molecule is CC(=O)Cn1c(Br)cnc(CCCc2ccccc2)c1=O.O=C(O)Cn1c(-c2cccc(CO)c2)cnc(CCCc2ccccc2)c1=O. The van der Waals surface area contributed by atoms with E-state index in [9.17, 15) is 29.4 Å². The van der Waals surface area contributed by atoms with Gasteiger partial charge in [-0.15, -0.1) is 0 Å². The summed E-state index contributed by atoms with van der Waals surface area (Å²) in [5, 5.41) is 18.6. The second kappa shape index (κ2) is 18.5. The van der Waals surface area contributed by atoms with Crippen molar-refractivity contribution >= 4 is 27.7 Å². The summed E-state index contributed by atoms with van der Waals surface area (Å²) in [6.45, 7) is 0.968. The second-order valence-corrected chi connectivity index (χ2v) is 12.3. The van der Waals surface area contributed by atoms with E-state index in [2.05, 4.69) is 38.0 Å². The Kier molecular flexibility index (Phi) is 13.9. The van der Waals surface area contributed by atoms with E-state index in [1.165, 1.54) is 27.2 Å². The van der Waals surface area contributed by atoms with Gasteiger partial charge in [-0.1, -0.05) is 78.9 Å². The van der Waals surface area contributed by atoms with Crippen LogP contribution in [0.25, 0.3) is 11.3 Å². The van der Waals surface area contributed by atoms with Crippen molar-refractivity contribution in [2.24, 2.45) is 0 Å². The highest BCUT2D eigenvalue weighted by molar-refractivity contribution is 9.10. The quantitative estimate of drug-likeness (QED) is 0.154. The monoisotopic (exact) mass is 726 g/mol. The van der Waals surface area contributed by atoms with Gasteiger partial charge in [-0.25, -0.2) is 0 Å². The zero-order chi connectivity index (χ0) is 35.2. The summed E-state index contributed by atoms with van der Waals surface area (Å²) in [6.07, 6.45) is 7.54. The summed E-state index contributed by atoms with van der Waals surface area (Å²) in [5.41, 5.74) is 4.48. The standard InChI is InChI=1S/C22H22N2O4.C16H17BrN2O2/c25-15-17-9-4-10-18(12-17)20-13-23-19(22(28)24(20)14-21(26)27)11-5-8-16-6-2-1-3-7-16;1-12(20)11-19-15(17)10-18-14(16(19)21)9-5-8-13-6-3-2-4-7-13/h1-4,6-7,9-10,12-13,25H,5,8,11,14-15H2,(H,26,27);2-4,6-7,10H,5,8-9,11H2,1H3. The van der Waals surface area contributed by atoms with E-state index in [-0.39, 0.29) is 30.1 Å². The molecule has 10 nitrogen and oxygen atoms in total. The van der Waals surface area contributed by atoms with Crippen molar-refractivity contribution < 1.29 is 19.8 Å². The Bertz CT molecular complexity index is 1980. The maximum absolute atomic E-state index is 12.9. The van der Waals surface area contributed by atoms with E-state index in [4.69, 9.17) is 0 Å². The maximum atomic E-state index is 12.9. The Labute approximate surface area is 292 Å². The fraction of sp³-hybridized carbons (Fsp3) is 0.263. The minimum Gasteiger partial charge on any atom is -0.480 e. The van der Waals surface area contributed by atoms with Crippen LogP contribution in [0.2, 0.25) is 0 Å². The Morgan fingerprint density at radius 2 is 1.22 bits per heavy atom. The molecule has 0 aliphatic carbocycles. The fourth-order valence-electron chi connectivity index (χ4n) is 5.31. The lowest BCUT2D eigenvalue weighted by molar-refractivity contribution is -0.137. The Morgan fingerprint density at radius 3 is 1.76 bits per heavy atom. The van der Waals surface area contributed by atoms with Crippen LogP contribution in [-0.2, 0) is 55.0 Å². The van der Waals surface area contributed by atoms with Crippen LogP contribution in [-0.4, -0.2) is 41.1 Å². The number of halogens is 1. The van der Waals surface area contributed by atoms with Crippen molar-refractivity contribution in [1.29, 1.82) is 0 Å². The normalized spacial score (nSPS) is 10.7. The highest BCUT2D eigenvalue weighted by Gasteiger charge is 2.15. The van der Waals surface area contributed by atoms with Crippen molar-refractivity contribution in [3.63, 3.8) is 0 Å². The summed E-state index contributed by atoms with van der Waals surface area (Å²) in [6, 6.07) is 27.1. The highest BCUT2D eigenvalue weighted by Crippen LogP contribution is 2.20. The molecular formula is C38H39BrN4O6. The molecule has 0 saturated carbocycles. The van der Waals surface area contributed by atoms with Gasteiger partial charge in [0.1, 0.15) is 28.3 Å². The molecule has 0 unspecified atom stereocenters. The minimum atomic E-state index is -1.09. The third-order valence-electron chi connectivity index (χ3n) is 7.73. The third kappa shape index (κ3) is 11.0. The lowest BCUT2D eigenvalue weighted by atomic mass is 10.1. The van der Waals surface area contributed by atoms with Crippen LogP contribution in [0.3, 0.4) is 0 Å². The third-order valence-corrected chi connectivity index (χ3v) is 8.36. The Morgan fingerprint density at radius 1 is 0.694 bits per heavy atom. The van der Waals surface area contributed by atoms with Crippen molar-refractivity contribution in [2.45, 2.75) is 65.1 Å². The molecule has 0 aliphatic heterocycles. The van der Waals surface area contributed by atoms with Gasteiger partial charge in [0.05, 0.1) is 31.2 Å². The molecule has 0 spiro atoms. The molecule has 2 N–H and O–H groups in total. The van der Waals surface area contributed by atoms with Crippen LogP contribution in [0.15, 0.2) is 112 Å². The van der Waals surface area contributed by atoms with Crippen molar-refractivity contribution in [3.05, 3.63) is 151 Å². The molecule has 5 rings (SSSR count). The average molecular weight is 728 g/mol. The molecule has 11 heteroatoms. The van der Waals surface area contributed by atoms with Gasteiger partial charge in [0, 0.05) is 5.56 Å². The first-order valence-corrected chi connectivity index (χ1v) is 16.8. The first-order valence-electron chi connectivity index (χ1n) is 16.0. The van der Waals surface area contributed by atoms with Crippen LogP contribution in [0.5, 0.6) is 0 Å².